The van der Waals surface area contributed by atoms with E-state index in [4.69, 9.17) is 23.6 Å². The second kappa shape index (κ2) is 13.4. The van der Waals surface area contributed by atoms with E-state index in [0.29, 0.717) is 19.1 Å². The minimum atomic E-state index is 0. The van der Waals surface area contributed by atoms with Crippen LogP contribution >= 0.6 is 24.0 Å². The van der Waals surface area contributed by atoms with Crippen molar-refractivity contribution in [1.29, 1.82) is 0 Å². The summed E-state index contributed by atoms with van der Waals surface area (Å²) in [6, 6.07) is 3.94. The number of hydrogen-bond donors (Lipinski definition) is 1. The molecule has 3 rings (SSSR count). The van der Waals surface area contributed by atoms with Crippen molar-refractivity contribution >= 4 is 29.9 Å². The average Bonchev–Trinajstić information content (AvgIpc) is 3.44. The predicted molar refractivity (Wildman–Crippen MR) is 119 cm³/mol. The zero-order valence-electron chi connectivity index (χ0n) is 16.8. The van der Waals surface area contributed by atoms with Crippen LogP contribution in [0.25, 0.3) is 0 Å². The van der Waals surface area contributed by atoms with Gasteiger partial charge in [-0.05, 0) is 31.4 Å². The highest BCUT2D eigenvalue weighted by molar-refractivity contribution is 14.0. The molecule has 2 fully saturated rings. The summed E-state index contributed by atoms with van der Waals surface area (Å²) in [5.41, 5.74) is 0. The molecule has 0 bridgehead atoms. The molecule has 0 aromatic carbocycles. The van der Waals surface area contributed by atoms with Crippen molar-refractivity contribution in [1.82, 2.24) is 10.2 Å². The van der Waals surface area contributed by atoms with Gasteiger partial charge < -0.3 is 28.8 Å². The molecule has 1 aromatic rings. The maximum Gasteiger partial charge on any atom is 0.194 e. The first-order chi connectivity index (χ1) is 13.3. The van der Waals surface area contributed by atoms with Crippen molar-refractivity contribution < 1.29 is 18.6 Å². The molecule has 0 aliphatic carbocycles. The smallest absolute Gasteiger partial charge is 0.194 e. The molecule has 0 radical (unpaired) electrons. The number of rotatable bonds is 10. The van der Waals surface area contributed by atoms with E-state index in [1.807, 2.05) is 12.1 Å². The van der Waals surface area contributed by atoms with Crippen LogP contribution in [0.4, 0.5) is 0 Å². The molecule has 2 aliphatic heterocycles. The topological polar surface area (TPSA) is 68.5 Å². The second-order valence-corrected chi connectivity index (χ2v) is 7.22. The SMILES string of the molecule is COCCOCC1CCN(C(=NCC2CCCO2)NCCc2ccco2)C1.I. The molecular formula is C20H34IN3O4. The molecule has 3 heterocycles. The van der Waals surface area contributed by atoms with Gasteiger partial charge in [0.25, 0.3) is 0 Å². The summed E-state index contributed by atoms with van der Waals surface area (Å²) in [5, 5.41) is 3.52. The first kappa shape index (κ1) is 23.4. The standard InChI is InChI=1S/C20H33N3O4.HI/c1-24-12-13-25-16-17-7-9-23(15-17)20(22-14-19-5-3-11-27-19)21-8-6-18-4-2-10-26-18;/h2,4,10,17,19H,3,5-9,11-16H2,1H3,(H,21,22);1H. The molecule has 28 heavy (non-hydrogen) atoms. The number of aliphatic imine (C=N–C) groups is 1. The van der Waals surface area contributed by atoms with Crippen molar-refractivity contribution in [3.63, 3.8) is 0 Å². The molecule has 7 nitrogen and oxygen atoms in total. The van der Waals surface area contributed by atoms with E-state index < -0.39 is 0 Å². The van der Waals surface area contributed by atoms with Crippen molar-refractivity contribution in [2.75, 3.05) is 59.7 Å². The molecule has 8 heteroatoms. The first-order valence-corrected chi connectivity index (χ1v) is 10.1. The maximum absolute atomic E-state index is 5.73. The summed E-state index contributed by atoms with van der Waals surface area (Å²) in [7, 11) is 1.70. The molecule has 1 N–H and O–H groups in total. The van der Waals surface area contributed by atoms with Crippen LogP contribution in [0.1, 0.15) is 25.0 Å². The van der Waals surface area contributed by atoms with E-state index in [0.717, 1.165) is 76.8 Å². The fourth-order valence-electron chi connectivity index (χ4n) is 3.55. The fraction of sp³-hybridized carbons (Fsp3) is 0.750. The molecule has 0 amide bonds. The second-order valence-electron chi connectivity index (χ2n) is 7.22. The van der Waals surface area contributed by atoms with Crippen LogP contribution in [0.5, 0.6) is 0 Å². The number of halogens is 1. The largest absolute Gasteiger partial charge is 0.469 e. The Hall–Kier alpha value is -0.840. The molecule has 160 valence electrons. The van der Waals surface area contributed by atoms with Gasteiger partial charge >= 0.3 is 0 Å². The third-order valence-electron chi connectivity index (χ3n) is 5.07. The van der Waals surface area contributed by atoms with E-state index in [1.54, 1.807) is 13.4 Å². The fourth-order valence-corrected chi connectivity index (χ4v) is 3.55. The van der Waals surface area contributed by atoms with Crippen LogP contribution in [0.2, 0.25) is 0 Å². The first-order valence-electron chi connectivity index (χ1n) is 10.1. The van der Waals surface area contributed by atoms with Crippen molar-refractivity contribution in [3.8, 4) is 0 Å². The maximum atomic E-state index is 5.73. The normalized spacial score (nSPS) is 22.5. The Morgan fingerprint density at radius 1 is 1.36 bits per heavy atom. The molecular weight excluding hydrogens is 473 g/mol. The summed E-state index contributed by atoms with van der Waals surface area (Å²) in [6.07, 6.45) is 6.22. The number of likely N-dealkylation sites (tertiary alicyclic amines) is 1. The number of nitrogens with zero attached hydrogens (tertiary/aromatic N) is 2. The monoisotopic (exact) mass is 507 g/mol. The van der Waals surface area contributed by atoms with Gasteiger partial charge in [0.1, 0.15) is 5.76 Å². The van der Waals surface area contributed by atoms with Crippen molar-refractivity contribution in [2.45, 2.75) is 31.8 Å². The number of ether oxygens (including phenoxy) is 3. The van der Waals surface area contributed by atoms with Gasteiger partial charge in [0.05, 0.1) is 38.7 Å². The molecule has 0 saturated carbocycles. The van der Waals surface area contributed by atoms with Crippen LogP contribution < -0.4 is 5.32 Å². The van der Waals surface area contributed by atoms with Crippen LogP contribution in [0.3, 0.4) is 0 Å². The van der Waals surface area contributed by atoms with Gasteiger partial charge in [0.2, 0.25) is 0 Å². The van der Waals surface area contributed by atoms with E-state index in [2.05, 4.69) is 10.2 Å². The van der Waals surface area contributed by atoms with Crippen LogP contribution in [0.15, 0.2) is 27.8 Å². The summed E-state index contributed by atoms with van der Waals surface area (Å²) in [5.74, 6) is 2.52. The molecule has 2 saturated heterocycles. The highest BCUT2D eigenvalue weighted by Crippen LogP contribution is 2.18. The molecule has 2 unspecified atom stereocenters. The Morgan fingerprint density at radius 3 is 3.04 bits per heavy atom. The van der Waals surface area contributed by atoms with E-state index in [9.17, 15) is 0 Å². The van der Waals surface area contributed by atoms with E-state index in [-0.39, 0.29) is 30.1 Å². The third kappa shape index (κ3) is 7.88. The van der Waals surface area contributed by atoms with Crippen LogP contribution in [-0.2, 0) is 20.6 Å². The molecule has 2 aliphatic rings. The summed E-state index contributed by atoms with van der Waals surface area (Å²) in [4.78, 5) is 7.21. The zero-order chi connectivity index (χ0) is 18.7. The Kier molecular flexibility index (Phi) is 11.2. The Balaban J connectivity index is 0.00000280. The lowest BCUT2D eigenvalue weighted by atomic mass is 10.1. The number of nitrogens with one attached hydrogen (secondary N) is 1. The highest BCUT2D eigenvalue weighted by Gasteiger charge is 2.25. The van der Waals surface area contributed by atoms with Crippen molar-refractivity contribution in [3.05, 3.63) is 24.2 Å². The van der Waals surface area contributed by atoms with Gasteiger partial charge in [-0.25, -0.2) is 0 Å². The number of hydrogen-bond acceptors (Lipinski definition) is 5. The zero-order valence-corrected chi connectivity index (χ0v) is 19.1. The van der Waals surface area contributed by atoms with Gasteiger partial charge in [0.15, 0.2) is 5.96 Å². The van der Waals surface area contributed by atoms with Crippen molar-refractivity contribution in [2.24, 2.45) is 10.9 Å². The van der Waals surface area contributed by atoms with Gasteiger partial charge in [0, 0.05) is 45.7 Å². The molecule has 1 aromatic heterocycles. The minimum Gasteiger partial charge on any atom is -0.469 e. The van der Waals surface area contributed by atoms with E-state index >= 15 is 0 Å². The van der Waals surface area contributed by atoms with Gasteiger partial charge in [-0.2, -0.15) is 0 Å². The van der Waals surface area contributed by atoms with Gasteiger partial charge in [-0.1, -0.05) is 0 Å². The lowest BCUT2D eigenvalue weighted by Gasteiger charge is -2.23. The number of methoxy groups -OCH3 is 1. The van der Waals surface area contributed by atoms with Gasteiger partial charge in [-0.15, -0.1) is 24.0 Å². The van der Waals surface area contributed by atoms with E-state index in [1.165, 1.54) is 0 Å². The summed E-state index contributed by atoms with van der Waals surface area (Å²) in [6.45, 7) is 6.49. The Bertz CT molecular complexity index is 550. The highest BCUT2D eigenvalue weighted by atomic mass is 127. The lowest BCUT2D eigenvalue weighted by Crippen LogP contribution is -2.41. The summed E-state index contributed by atoms with van der Waals surface area (Å²) >= 11 is 0. The number of furan rings is 1. The molecule has 0 spiro atoms. The van der Waals surface area contributed by atoms with Crippen LogP contribution in [0, 0.1) is 5.92 Å². The average molecular weight is 507 g/mol. The Morgan fingerprint density at radius 2 is 2.29 bits per heavy atom. The lowest BCUT2D eigenvalue weighted by molar-refractivity contribution is 0.0536. The predicted octanol–water partition coefficient (Wildman–Crippen LogP) is 2.55. The van der Waals surface area contributed by atoms with Crippen LogP contribution in [-0.4, -0.2) is 76.7 Å². The van der Waals surface area contributed by atoms with Gasteiger partial charge in [-0.3, -0.25) is 4.99 Å². The Labute approximate surface area is 185 Å². The quantitative estimate of drug-likeness (QED) is 0.227. The number of guanidine groups is 1. The third-order valence-corrected chi connectivity index (χ3v) is 5.07. The minimum absolute atomic E-state index is 0. The summed E-state index contributed by atoms with van der Waals surface area (Å²) < 4.78 is 21.9. The molecule has 2 atom stereocenters.